The van der Waals surface area contributed by atoms with Gasteiger partial charge in [-0.1, -0.05) is 29.8 Å². The van der Waals surface area contributed by atoms with E-state index in [-0.39, 0.29) is 12.4 Å². The number of aliphatic imine (C=N–C) groups is 1. The quantitative estimate of drug-likeness (QED) is 0.254. The van der Waals surface area contributed by atoms with E-state index in [4.69, 9.17) is 9.47 Å². The van der Waals surface area contributed by atoms with Crippen LogP contribution in [-0.2, 0) is 4.74 Å². The number of aromatic hydroxyl groups is 1. The highest BCUT2D eigenvalue weighted by Crippen LogP contribution is 2.43. The summed E-state index contributed by atoms with van der Waals surface area (Å²) >= 11 is 1.43. The number of nitrogens with zero attached hydrogens (tertiary/aromatic N) is 1. The van der Waals surface area contributed by atoms with Crippen molar-refractivity contribution in [3.8, 4) is 22.6 Å². The topological polar surface area (TPSA) is 68.1 Å². The lowest BCUT2D eigenvalue weighted by Crippen LogP contribution is -2.05. The van der Waals surface area contributed by atoms with Crippen LogP contribution >= 0.6 is 11.3 Å². The Morgan fingerprint density at radius 1 is 1.06 bits per heavy atom. The fourth-order valence-corrected chi connectivity index (χ4v) is 4.78. The molecule has 1 aromatic heterocycles. The molecular formula is C27H25NO4S. The third-order valence-corrected chi connectivity index (χ3v) is 6.40. The maximum atomic E-state index is 13.0. The van der Waals surface area contributed by atoms with E-state index in [0.717, 1.165) is 38.1 Å². The monoisotopic (exact) mass is 459 g/mol. The Morgan fingerprint density at radius 2 is 1.82 bits per heavy atom. The van der Waals surface area contributed by atoms with Crippen LogP contribution in [0.4, 0.5) is 5.00 Å². The highest BCUT2D eigenvalue weighted by molar-refractivity contribution is 7.16. The van der Waals surface area contributed by atoms with E-state index in [1.54, 1.807) is 26.3 Å². The van der Waals surface area contributed by atoms with E-state index in [9.17, 15) is 9.90 Å². The van der Waals surface area contributed by atoms with Gasteiger partial charge in [0.2, 0.25) is 0 Å². The second kappa shape index (κ2) is 9.46. The first-order valence-corrected chi connectivity index (χ1v) is 11.4. The molecular weight excluding hydrogens is 434 g/mol. The van der Waals surface area contributed by atoms with Gasteiger partial charge in [0.15, 0.2) is 0 Å². The van der Waals surface area contributed by atoms with Gasteiger partial charge in [0, 0.05) is 22.2 Å². The van der Waals surface area contributed by atoms with Crippen LogP contribution < -0.4 is 4.74 Å². The van der Waals surface area contributed by atoms with Gasteiger partial charge >= 0.3 is 5.97 Å². The molecule has 0 unspecified atom stereocenters. The second-order valence-corrected chi connectivity index (χ2v) is 8.89. The molecule has 0 aliphatic rings. The molecule has 0 saturated carbocycles. The van der Waals surface area contributed by atoms with E-state index in [2.05, 4.69) is 11.1 Å². The summed E-state index contributed by atoms with van der Waals surface area (Å²) in [6, 6.07) is 17.3. The molecule has 0 radical (unpaired) electrons. The first kappa shape index (κ1) is 22.6. The zero-order chi connectivity index (χ0) is 23.5. The lowest BCUT2D eigenvalue weighted by molar-refractivity contribution is 0.0528. The smallest absolute Gasteiger partial charge is 0.341 e. The van der Waals surface area contributed by atoms with Crippen molar-refractivity contribution in [1.82, 2.24) is 0 Å². The molecule has 5 nitrogen and oxygen atoms in total. The van der Waals surface area contributed by atoms with Crippen molar-refractivity contribution in [2.75, 3.05) is 13.7 Å². The molecule has 0 fully saturated rings. The van der Waals surface area contributed by atoms with Crippen LogP contribution in [0, 0.1) is 13.8 Å². The molecule has 1 N–H and O–H groups in total. The molecule has 168 valence electrons. The number of rotatable bonds is 6. The second-order valence-electron chi connectivity index (χ2n) is 7.68. The van der Waals surface area contributed by atoms with Crippen LogP contribution in [0.1, 0.15) is 33.3 Å². The zero-order valence-electron chi connectivity index (χ0n) is 19.0. The summed E-state index contributed by atoms with van der Waals surface area (Å²) in [6.45, 7) is 5.98. The van der Waals surface area contributed by atoms with Crippen LogP contribution in [0.25, 0.3) is 21.9 Å². The number of carbonyl (C=O) groups excluding carboxylic acids is 1. The first-order valence-electron chi connectivity index (χ1n) is 10.6. The maximum Gasteiger partial charge on any atom is 0.341 e. The van der Waals surface area contributed by atoms with Crippen molar-refractivity contribution < 1.29 is 19.4 Å². The number of fused-ring (bicyclic) bond motifs is 1. The summed E-state index contributed by atoms with van der Waals surface area (Å²) in [4.78, 5) is 18.6. The zero-order valence-corrected chi connectivity index (χ0v) is 19.8. The van der Waals surface area contributed by atoms with Crippen molar-refractivity contribution in [3.63, 3.8) is 0 Å². The number of thiophene rings is 1. The fourth-order valence-electron chi connectivity index (χ4n) is 3.77. The number of phenols is 1. The number of phenolic OH excluding ortho intramolecular Hbond substituents is 1. The summed E-state index contributed by atoms with van der Waals surface area (Å²) in [6.07, 6.45) is 1.59. The molecule has 0 aliphatic heterocycles. The number of hydrogen-bond acceptors (Lipinski definition) is 6. The van der Waals surface area contributed by atoms with Crippen molar-refractivity contribution in [3.05, 3.63) is 76.2 Å². The Labute approximate surface area is 197 Å². The normalized spacial score (nSPS) is 11.3. The van der Waals surface area contributed by atoms with Crippen LogP contribution in [-0.4, -0.2) is 31.0 Å². The number of benzene rings is 3. The lowest BCUT2D eigenvalue weighted by Gasteiger charge is -2.09. The van der Waals surface area contributed by atoms with Gasteiger partial charge in [0.1, 0.15) is 22.1 Å². The first-order chi connectivity index (χ1) is 15.9. The number of esters is 1. The molecule has 4 rings (SSSR count). The lowest BCUT2D eigenvalue weighted by atomic mass is 9.98. The molecule has 0 saturated heterocycles. The number of hydrogen-bond donors (Lipinski definition) is 1. The number of carbonyl (C=O) groups is 1. The van der Waals surface area contributed by atoms with Crippen LogP contribution in [0.15, 0.2) is 59.6 Å². The largest absolute Gasteiger partial charge is 0.507 e. The van der Waals surface area contributed by atoms with Crippen LogP contribution in [0.2, 0.25) is 0 Å². The van der Waals surface area contributed by atoms with Gasteiger partial charge < -0.3 is 14.6 Å². The Bertz CT molecular complexity index is 1370. The highest BCUT2D eigenvalue weighted by atomic mass is 32.1. The third kappa shape index (κ3) is 4.61. The van der Waals surface area contributed by atoms with Gasteiger partial charge in [-0.2, -0.15) is 0 Å². The highest BCUT2D eigenvalue weighted by Gasteiger charge is 2.24. The summed E-state index contributed by atoms with van der Waals surface area (Å²) < 4.78 is 10.7. The summed E-state index contributed by atoms with van der Waals surface area (Å²) in [7, 11) is 1.65. The number of aryl methyl sites for hydroxylation is 2. The molecule has 6 heteroatoms. The molecule has 1 heterocycles. The van der Waals surface area contributed by atoms with Gasteiger partial charge in [0.25, 0.3) is 0 Å². The average molecular weight is 460 g/mol. The summed E-state index contributed by atoms with van der Waals surface area (Å²) in [5, 5.41) is 12.8. The predicted octanol–water partition coefficient (Wildman–Crippen LogP) is 6.83. The standard InChI is InChI=1S/C27H25NO4S/c1-5-32-27(30)25-24(20-8-7-19-14-22(31-4)10-9-18(19)13-20)17(3)33-26(25)28-15-21-12-16(2)6-11-23(21)29/h6-15,29H,5H2,1-4H3. The van der Waals surface area contributed by atoms with Gasteiger partial charge in [0.05, 0.1) is 13.7 Å². The summed E-state index contributed by atoms with van der Waals surface area (Å²) in [5.41, 5.74) is 3.78. The minimum Gasteiger partial charge on any atom is -0.507 e. The van der Waals surface area contributed by atoms with E-state index in [0.29, 0.717) is 16.1 Å². The van der Waals surface area contributed by atoms with Crippen molar-refractivity contribution in [2.45, 2.75) is 20.8 Å². The fraction of sp³-hybridized carbons (Fsp3) is 0.185. The molecule has 0 spiro atoms. The van der Waals surface area contributed by atoms with Crippen LogP contribution in [0.3, 0.4) is 0 Å². The van der Waals surface area contributed by atoms with Crippen molar-refractivity contribution in [2.24, 2.45) is 4.99 Å². The predicted molar refractivity (Wildman–Crippen MR) is 135 cm³/mol. The molecule has 0 bridgehead atoms. The third-order valence-electron chi connectivity index (χ3n) is 5.39. The number of methoxy groups -OCH3 is 1. The van der Waals surface area contributed by atoms with Gasteiger partial charge in [-0.05, 0) is 67.4 Å². The maximum absolute atomic E-state index is 13.0. The van der Waals surface area contributed by atoms with Gasteiger partial charge in [-0.25, -0.2) is 9.79 Å². The summed E-state index contributed by atoms with van der Waals surface area (Å²) in [5.74, 6) is 0.526. The minimum atomic E-state index is -0.410. The van der Waals surface area contributed by atoms with E-state index >= 15 is 0 Å². The molecule has 33 heavy (non-hydrogen) atoms. The molecule has 0 atom stereocenters. The molecule has 3 aromatic carbocycles. The Kier molecular flexibility index (Phi) is 6.47. The molecule has 4 aromatic rings. The molecule has 0 aliphatic carbocycles. The van der Waals surface area contributed by atoms with Crippen molar-refractivity contribution >= 4 is 39.3 Å². The van der Waals surface area contributed by atoms with Gasteiger partial charge in [-0.15, -0.1) is 11.3 Å². The minimum absolute atomic E-state index is 0.139. The van der Waals surface area contributed by atoms with E-state index in [1.165, 1.54) is 11.3 Å². The average Bonchev–Trinajstić information content (AvgIpc) is 3.15. The molecule has 0 amide bonds. The Balaban J connectivity index is 1.84. The van der Waals surface area contributed by atoms with Gasteiger partial charge in [-0.3, -0.25) is 0 Å². The van der Waals surface area contributed by atoms with E-state index < -0.39 is 5.97 Å². The van der Waals surface area contributed by atoms with Crippen molar-refractivity contribution in [1.29, 1.82) is 0 Å². The number of ether oxygens (including phenoxy) is 2. The Hall–Kier alpha value is -3.64. The Morgan fingerprint density at radius 3 is 2.58 bits per heavy atom. The van der Waals surface area contributed by atoms with Crippen LogP contribution in [0.5, 0.6) is 11.5 Å². The SMILES string of the molecule is CCOC(=O)c1c(N=Cc2cc(C)ccc2O)sc(C)c1-c1ccc2cc(OC)ccc2c1. The van der Waals surface area contributed by atoms with E-state index in [1.807, 2.05) is 56.3 Å².